The SMILES string of the molecule is CNC(Cc1c(C)nn(C)c1Cl)C1CCC(C)(C)CC1. The van der Waals surface area contributed by atoms with E-state index in [0.29, 0.717) is 11.5 Å². The maximum Gasteiger partial charge on any atom is 0.130 e. The Balaban J connectivity index is 2.06. The van der Waals surface area contributed by atoms with Gasteiger partial charge in [0.15, 0.2) is 0 Å². The first-order valence-corrected chi connectivity index (χ1v) is 8.07. The number of rotatable bonds is 4. The number of nitrogens with zero attached hydrogens (tertiary/aromatic N) is 2. The minimum Gasteiger partial charge on any atom is -0.316 e. The average molecular weight is 298 g/mol. The molecule has 1 saturated carbocycles. The van der Waals surface area contributed by atoms with Crippen LogP contribution in [0, 0.1) is 18.3 Å². The summed E-state index contributed by atoms with van der Waals surface area (Å²) >= 11 is 6.37. The van der Waals surface area contributed by atoms with Crippen LogP contribution in [0.1, 0.15) is 50.8 Å². The Morgan fingerprint density at radius 2 is 2.00 bits per heavy atom. The zero-order valence-electron chi connectivity index (χ0n) is 13.5. The standard InChI is InChI=1S/C16H28ClN3/c1-11-13(15(17)20(5)19-11)10-14(18-4)12-6-8-16(2,3)9-7-12/h12,14,18H,6-10H2,1-5H3. The highest BCUT2D eigenvalue weighted by molar-refractivity contribution is 6.30. The number of nitrogens with one attached hydrogen (secondary N) is 1. The molecule has 1 aliphatic carbocycles. The van der Waals surface area contributed by atoms with Crippen LogP contribution in [0.3, 0.4) is 0 Å². The lowest BCUT2D eigenvalue weighted by molar-refractivity contribution is 0.163. The average Bonchev–Trinajstić information content (AvgIpc) is 2.62. The molecule has 0 aliphatic heterocycles. The second kappa shape index (κ2) is 6.07. The van der Waals surface area contributed by atoms with Crippen molar-refractivity contribution in [2.45, 2.75) is 58.9 Å². The smallest absolute Gasteiger partial charge is 0.130 e. The maximum atomic E-state index is 6.37. The third kappa shape index (κ3) is 3.37. The monoisotopic (exact) mass is 297 g/mol. The van der Waals surface area contributed by atoms with Crippen LogP contribution >= 0.6 is 11.6 Å². The van der Waals surface area contributed by atoms with E-state index < -0.39 is 0 Å². The molecule has 3 nitrogen and oxygen atoms in total. The van der Waals surface area contributed by atoms with E-state index >= 15 is 0 Å². The Labute approximate surface area is 128 Å². The highest BCUT2D eigenvalue weighted by Gasteiger charge is 2.31. The van der Waals surface area contributed by atoms with E-state index in [2.05, 4.69) is 38.2 Å². The Morgan fingerprint density at radius 1 is 1.40 bits per heavy atom. The number of hydrogen-bond acceptors (Lipinski definition) is 2. The molecule has 0 radical (unpaired) electrons. The van der Waals surface area contributed by atoms with Gasteiger partial charge >= 0.3 is 0 Å². The number of aromatic nitrogens is 2. The zero-order chi connectivity index (χ0) is 14.9. The highest BCUT2D eigenvalue weighted by Crippen LogP contribution is 2.40. The largest absolute Gasteiger partial charge is 0.316 e. The number of aryl methyl sites for hydroxylation is 2. The van der Waals surface area contributed by atoms with Crippen LogP contribution in [0.25, 0.3) is 0 Å². The predicted octanol–water partition coefficient (Wildman–Crippen LogP) is 3.73. The summed E-state index contributed by atoms with van der Waals surface area (Å²) in [5, 5.41) is 8.73. The van der Waals surface area contributed by atoms with Crippen molar-refractivity contribution in [1.82, 2.24) is 15.1 Å². The lowest BCUT2D eigenvalue weighted by Crippen LogP contribution is -2.39. The highest BCUT2D eigenvalue weighted by atomic mass is 35.5. The normalized spacial score (nSPS) is 21.1. The molecule has 0 aromatic carbocycles. The summed E-state index contributed by atoms with van der Waals surface area (Å²) in [4.78, 5) is 0. The summed E-state index contributed by atoms with van der Waals surface area (Å²) in [5.41, 5.74) is 2.80. The summed E-state index contributed by atoms with van der Waals surface area (Å²) in [7, 11) is 3.99. The van der Waals surface area contributed by atoms with Gasteiger partial charge in [-0.15, -0.1) is 0 Å². The summed E-state index contributed by atoms with van der Waals surface area (Å²) in [6.07, 6.45) is 6.27. The fourth-order valence-electron chi connectivity index (χ4n) is 3.45. The van der Waals surface area contributed by atoms with Crippen molar-refractivity contribution >= 4 is 11.6 Å². The fourth-order valence-corrected chi connectivity index (χ4v) is 3.71. The molecule has 0 bridgehead atoms. The molecule has 1 aliphatic rings. The van der Waals surface area contributed by atoms with Crippen LogP contribution in [0.2, 0.25) is 5.15 Å². The van der Waals surface area contributed by atoms with Crippen LogP contribution in [-0.4, -0.2) is 22.9 Å². The van der Waals surface area contributed by atoms with E-state index in [9.17, 15) is 0 Å². The molecule has 2 rings (SSSR count). The van der Waals surface area contributed by atoms with Gasteiger partial charge < -0.3 is 5.32 Å². The van der Waals surface area contributed by atoms with E-state index in [1.807, 2.05) is 7.05 Å². The van der Waals surface area contributed by atoms with Gasteiger partial charge in [-0.2, -0.15) is 5.10 Å². The van der Waals surface area contributed by atoms with Gasteiger partial charge in [0.25, 0.3) is 0 Å². The van der Waals surface area contributed by atoms with Gasteiger partial charge in [-0.1, -0.05) is 25.4 Å². The van der Waals surface area contributed by atoms with Gasteiger partial charge in [-0.3, -0.25) is 4.68 Å². The van der Waals surface area contributed by atoms with E-state index in [-0.39, 0.29) is 0 Å². The third-order valence-electron chi connectivity index (χ3n) is 5.02. The fraction of sp³-hybridized carbons (Fsp3) is 0.812. The number of likely N-dealkylation sites (N-methyl/N-ethyl adjacent to an activating group) is 1. The number of halogens is 1. The molecule has 1 aromatic heterocycles. The summed E-state index contributed by atoms with van der Waals surface area (Å²) < 4.78 is 1.78. The van der Waals surface area contributed by atoms with Crippen molar-refractivity contribution in [3.63, 3.8) is 0 Å². The van der Waals surface area contributed by atoms with Gasteiger partial charge in [-0.25, -0.2) is 0 Å². The molecule has 1 aromatic rings. The van der Waals surface area contributed by atoms with Crippen molar-refractivity contribution < 1.29 is 0 Å². The van der Waals surface area contributed by atoms with Crippen molar-refractivity contribution in [3.8, 4) is 0 Å². The predicted molar refractivity (Wildman–Crippen MR) is 85.2 cm³/mol. The van der Waals surface area contributed by atoms with Gasteiger partial charge in [0, 0.05) is 18.7 Å². The third-order valence-corrected chi connectivity index (χ3v) is 5.49. The van der Waals surface area contributed by atoms with Crippen molar-refractivity contribution in [1.29, 1.82) is 0 Å². The number of hydrogen-bond donors (Lipinski definition) is 1. The lowest BCUT2D eigenvalue weighted by atomic mass is 9.70. The molecule has 0 saturated heterocycles. The Hall–Kier alpha value is -0.540. The molecule has 1 heterocycles. The quantitative estimate of drug-likeness (QED) is 0.918. The first kappa shape index (κ1) is 15.8. The van der Waals surface area contributed by atoms with E-state index in [0.717, 1.165) is 23.2 Å². The van der Waals surface area contributed by atoms with E-state index in [1.54, 1.807) is 4.68 Å². The van der Waals surface area contributed by atoms with Crippen LogP contribution in [0.15, 0.2) is 0 Å². The second-order valence-corrected chi connectivity index (χ2v) is 7.44. The van der Waals surface area contributed by atoms with Crippen LogP contribution in [0.5, 0.6) is 0 Å². The maximum absolute atomic E-state index is 6.37. The van der Waals surface area contributed by atoms with Gasteiger partial charge in [-0.05, 0) is 57.4 Å². The summed E-state index contributed by atoms with van der Waals surface area (Å²) in [5.74, 6) is 0.753. The van der Waals surface area contributed by atoms with Crippen LogP contribution in [0.4, 0.5) is 0 Å². The first-order valence-electron chi connectivity index (χ1n) is 7.69. The Kier molecular flexibility index (Phi) is 4.80. The lowest BCUT2D eigenvalue weighted by Gasteiger charge is -2.38. The topological polar surface area (TPSA) is 29.9 Å². The molecule has 0 amide bonds. The minimum atomic E-state index is 0.506. The molecular formula is C16H28ClN3. The van der Waals surface area contributed by atoms with Crippen LogP contribution < -0.4 is 5.32 Å². The van der Waals surface area contributed by atoms with Crippen LogP contribution in [-0.2, 0) is 13.5 Å². The molecule has 1 atom stereocenters. The summed E-state index contributed by atoms with van der Waals surface area (Å²) in [6.45, 7) is 6.83. The van der Waals surface area contributed by atoms with Crippen molar-refractivity contribution in [2.75, 3.05) is 7.05 Å². The molecule has 114 valence electrons. The van der Waals surface area contributed by atoms with Crippen molar-refractivity contribution in [2.24, 2.45) is 18.4 Å². The minimum absolute atomic E-state index is 0.506. The zero-order valence-corrected chi connectivity index (χ0v) is 14.2. The Bertz CT molecular complexity index is 455. The Morgan fingerprint density at radius 3 is 2.45 bits per heavy atom. The summed E-state index contributed by atoms with van der Waals surface area (Å²) in [6, 6.07) is 0.506. The second-order valence-electron chi connectivity index (χ2n) is 7.08. The molecule has 0 spiro atoms. The van der Waals surface area contributed by atoms with E-state index in [1.165, 1.54) is 31.2 Å². The van der Waals surface area contributed by atoms with Gasteiger partial charge in [0.2, 0.25) is 0 Å². The molecule has 4 heteroatoms. The molecular weight excluding hydrogens is 270 g/mol. The van der Waals surface area contributed by atoms with Gasteiger partial charge in [0.05, 0.1) is 5.69 Å². The van der Waals surface area contributed by atoms with Crippen molar-refractivity contribution in [3.05, 3.63) is 16.4 Å². The molecule has 1 N–H and O–H groups in total. The van der Waals surface area contributed by atoms with E-state index in [4.69, 9.17) is 11.6 Å². The van der Waals surface area contributed by atoms with Gasteiger partial charge in [0.1, 0.15) is 5.15 Å². The molecule has 1 unspecified atom stereocenters. The first-order chi connectivity index (χ1) is 9.34. The molecule has 20 heavy (non-hydrogen) atoms. The molecule has 1 fully saturated rings.